The van der Waals surface area contributed by atoms with Gasteiger partial charge in [0.15, 0.2) is 0 Å². The van der Waals surface area contributed by atoms with Gasteiger partial charge in [0.05, 0.1) is 5.56 Å². The fraction of sp³-hybridized carbons (Fsp3) is 0.455. The fourth-order valence-corrected chi connectivity index (χ4v) is 5.35. The lowest BCUT2D eigenvalue weighted by molar-refractivity contribution is -0.137. The number of alkyl halides is 3. The number of rotatable bonds is 4. The molecule has 0 radical (unpaired) electrons. The molecule has 4 rings (SSSR count). The van der Waals surface area contributed by atoms with E-state index in [9.17, 15) is 17.6 Å². The quantitative estimate of drug-likeness (QED) is 0.601. The van der Waals surface area contributed by atoms with Crippen LogP contribution in [0.1, 0.15) is 35.4 Å². The van der Waals surface area contributed by atoms with Crippen molar-refractivity contribution in [3.05, 3.63) is 58.9 Å². The third-order valence-electron chi connectivity index (χ3n) is 5.85. The SMILES string of the molecule is CN1CCN(CCCC2c3ccc(F)cc3Sc3ccc(C(F)(F)F)cc32)CC1. The second kappa shape index (κ2) is 8.28. The summed E-state index contributed by atoms with van der Waals surface area (Å²) >= 11 is 1.36. The van der Waals surface area contributed by atoms with Crippen LogP contribution in [0.5, 0.6) is 0 Å². The summed E-state index contributed by atoms with van der Waals surface area (Å²) < 4.78 is 53.7. The largest absolute Gasteiger partial charge is 0.416 e. The van der Waals surface area contributed by atoms with Crippen molar-refractivity contribution in [2.24, 2.45) is 0 Å². The molecular formula is C22H24F4N2S. The van der Waals surface area contributed by atoms with Gasteiger partial charge in [0.1, 0.15) is 5.82 Å². The predicted octanol–water partition coefficient (Wildman–Crippen LogP) is 5.47. The van der Waals surface area contributed by atoms with Gasteiger partial charge in [0.2, 0.25) is 0 Å². The molecule has 2 aromatic carbocycles. The Balaban J connectivity index is 1.57. The molecule has 0 bridgehead atoms. The van der Waals surface area contributed by atoms with Crippen LogP contribution in [0.2, 0.25) is 0 Å². The molecule has 2 nitrogen and oxygen atoms in total. The van der Waals surface area contributed by atoms with Crippen LogP contribution in [-0.4, -0.2) is 49.6 Å². The summed E-state index contributed by atoms with van der Waals surface area (Å²) in [6.45, 7) is 5.06. The van der Waals surface area contributed by atoms with E-state index in [1.807, 2.05) is 0 Å². The summed E-state index contributed by atoms with van der Waals surface area (Å²) in [5, 5.41) is 0. The third-order valence-corrected chi connectivity index (χ3v) is 7.01. The van der Waals surface area contributed by atoms with Crippen LogP contribution in [0.3, 0.4) is 0 Å². The van der Waals surface area contributed by atoms with Crippen LogP contribution < -0.4 is 0 Å². The molecule has 0 amide bonds. The average Bonchev–Trinajstić information content (AvgIpc) is 2.67. The first-order chi connectivity index (χ1) is 13.8. The lowest BCUT2D eigenvalue weighted by atomic mass is 9.86. The van der Waals surface area contributed by atoms with Crippen LogP contribution in [0.25, 0.3) is 0 Å². The minimum absolute atomic E-state index is 0.142. The Kier molecular flexibility index (Phi) is 5.91. The summed E-state index contributed by atoms with van der Waals surface area (Å²) in [5.74, 6) is -0.459. The van der Waals surface area contributed by atoms with Crippen LogP contribution in [0.15, 0.2) is 46.2 Å². The molecule has 1 saturated heterocycles. The number of piperazine rings is 1. The zero-order valence-electron chi connectivity index (χ0n) is 16.3. The molecule has 0 N–H and O–H groups in total. The van der Waals surface area contributed by atoms with Crippen molar-refractivity contribution in [2.45, 2.75) is 34.7 Å². The van der Waals surface area contributed by atoms with Crippen molar-refractivity contribution in [3.63, 3.8) is 0 Å². The van der Waals surface area contributed by atoms with E-state index in [1.54, 1.807) is 6.07 Å². The van der Waals surface area contributed by atoms with Crippen LogP contribution in [0, 0.1) is 5.82 Å². The number of benzene rings is 2. The highest BCUT2D eigenvalue weighted by Gasteiger charge is 2.34. The Morgan fingerprint density at radius 1 is 0.966 bits per heavy atom. The van der Waals surface area contributed by atoms with E-state index < -0.39 is 11.7 Å². The smallest absolute Gasteiger partial charge is 0.304 e. The number of fused-ring (bicyclic) bond motifs is 2. The zero-order chi connectivity index (χ0) is 20.6. The number of nitrogens with zero attached hydrogens (tertiary/aromatic N) is 2. The maximum atomic E-state index is 13.8. The van der Waals surface area contributed by atoms with Crippen LogP contribution in [0.4, 0.5) is 17.6 Å². The highest BCUT2D eigenvalue weighted by molar-refractivity contribution is 7.99. The van der Waals surface area contributed by atoms with Gasteiger partial charge in [-0.1, -0.05) is 17.8 Å². The van der Waals surface area contributed by atoms with Gasteiger partial charge < -0.3 is 9.80 Å². The minimum Gasteiger partial charge on any atom is -0.304 e. The first-order valence-electron chi connectivity index (χ1n) is 9.90. The Labute approximate surface area is 172 Å². The average molecular weight is 425 g/mol. The summed E-state index contributed by atoms with van der Waals surface area (Å²) in [7, 11) is 2.11. The lowest BCUT2D eigenvalue weighted by Crippen LogP contribution is -2.44. The van der Waals surface area contributed by atoms with E-state index in [2.05, 4.69) is 16.8 Å². The predicted molar refractivity (Wildman–Crippen MR) is 107 cm³/mol. The number of likely N-dealkylation sites (N-methyl/N-ethyl adjacent to an activating group) is 1. The molecule has 0 saturated carbocycles. The molecule has 0 spiro atoms. The number of hydrogen-bond acceptors (Lipinski definition) is 3. The zero-order valence-corrected chi connectivity index (χ0v) is 17.1. The molecule has 2 aromatic rings. The first kappa shape index (κ1) is 20.7. The van der Waals surface area contributed by atoms with E-state index in [-0.39, 0.29) is 11.7 Å². The lowest BCUT2D eigenvalue weighted by Gasteiger charge is -2.33. The molecule has 0 aliphatic carbocycles. The van der Waals surface area contributed by atoms with Gasteiger partial charge in [-0.25, -0.2) is 4.39 Å². The molecule has 2 heterocycles. The van der Waals surface area contributed by atoms with E-state index in [1.165, 1.54) is 36.0 Å². The van der Waals surface area contributed by atoms with Gasteiger partial charge in [0, 0.05) is 41.9 Å². The summed E-state index contributed by atoms with van der Waals surface area (Å²) in [6, 6.07) is 8.58. The Morgan fingerprint density at radius 3 is 2.45 bits per heavy atom. The van der Waals surface area contributed by atoms with Crippen LogP contribution in [-0.2, 0) is 6.18 Å². The maximum absolute atomic E-state index is 13.8. The number of hydrogen-bond donors (Lipinski definition) is 0. The molecule has 0 aromatic heterocycles. The van der Waals surface area contributed by atoms with Gasteiger partial charge in [-0.2, -0.15) is 13.2 Å². The summed E-state index contributed by atoms with van der Waals surface area (Å²) in [6.07, 6.45) is -2.72. The maximum Gasteiger partial charge on any atom is 0.416 e. The van der Waals surface area contributed by atoms with Gasteiger partial charge >= 0.3 is 6.18 Å². The molecule has 7 heteroatoms. The molecule has 2 aliphatic heterocycles. The normalized spacial score (nSPS) is 20.4. The molecule has 1 fully saturated rings. The van der Waals surface area contributed by atoms with Crippen molar-refractivity contribution in [1.29, 1.82) is 0 Å². The minimum atomic E-state index is -4.37. The van der Waals surface area contributed by atoms with Crippen molar-refractivity contribution in [2.75, 3.05) is 39.8 Å². The summed E-state index contributed by atoms with van der Waals surface area (Å²) in [4.78, 5) is 6.31. The Morgan fingerprint density at radius 2 is 1.72 bits per heavy atom. The van der Waals surface area contributed by atoms with Gasteiger partial charge in [0.25, 0.3) is 0 Å². The Bertz CT molecular complexity index is 876. The Hall–Kier alpha value is -1.57. The second-order valence-corrected chi connectivity index (χ2v) is 8.96. The highest BCUT2D eigenvalue weighted by Crippen LogP contribution is 2.49. The fourth-order valence-electron chi connectivity index (χ4n) is 4.16. The topological polar surface area (TPSA) is 6.48 Å². The molecular weight excluding hydrogens is 400 g/mol. The molecule has 2 aliphatic rings. The van der Waals surface area contributed by atoms with E-state index in [4.69, 9.17) is 0 Å². The standard InChI is InChI=1S/C22H24F4N2S/c1-27-9-11-28(12-10-27)8-2-3-17-18-6-5-16(23)14-21(18)29-20-7-4-15(13-19(17)20)22(24,25)26/h4-7,13-14,17H,2-3,8-12H2,1H3. The molecule has 29 heavy (non-hydrogen) atoms. The first-order valence-corrected chi connectivity index (χ1v) is 10.7. The second-order valence-electron chi connectivity index (χ2n) is 7.87. The monoisotopic (exact) mass is 424 g/mol. The van der Waals surface area contributed by atoms with Crippen LogP contribution >= 0.6 is 11.8 Å². The van der Waals surface area contributed by atoms with Gasteiger partial charge in [-0.3, -0.25) is 0 Å². The molecule has 1 atom stereocenters. The van der Waals surface area contributed by atoms with Gasteiger partial charge in [-0.15, -0.1) is 0 Å². The third kappa shape index (κ3) is 4.62. The van der Waals surface area contributed by atoms with Crippen molar-refractivity contribution < 1.29 is 17.6 Å². The number of halogens is 4. The van der Waals surface area contributed by atoms with Crippen molar-refractivity contribution in [1.82, 2.24) is 9.80 Å². The summed E-state index contributed by atoms with van der Waals surface area (Å²) in [5.41, 5.74) is 1.02. The van der Waals surface area contributed by atoms with Gasteiger partial charge in [-0.05, 0) is 67.9 Å². The van der Waals surface area contributed by atoms with E-state index in [0.29, 0.717) is 5.56 Å². The van der Waals surface area contributed by atoms with E-state index >= 15 is 0 Å². The molecule has 1 unspecified atom stereocenters. The van der Waals surface area contributed by atoms with Crippen molar-refractivity contribution >= 4 is 11.8 Å². The highest BCUT2D eigenvalue weighted by atomic mass is 32.2. The van der Waals surface area contributed by atoms with E-state index in [0.717, 1.165) is 67.0 Å². The molecule has 156 valence electrons. The van der Waals surface area contributed by atoms with Crippen molar-refractivity contribution in [3.8, 4) is 0 Å².